The van der Waals surface area contributed by atoms with E-state index >= 15 is 0 Å². The van der Waals surface area contributed by atoms with Gasteiger partial charge in [0.05, 0.1) is 21.3 Å². The van der Waals surface area contributed by atoms with Gasteiger partial charge in [-0.3, -0.25) is 4.79 Å². The van der Waals surface area contributed by atoms with Crippen molar-refractivity contribution in [2.45, 2.75) is 6.92 Å². The lowest BCUT2D eigenvalue weighted by Crippen LogP contribution is -2.15. The van der Waals surface area contributed by atoms with Gasteiger partial charge in [-0.2, -0.15) is 5.26 Å². The molecule has 27 heavy (non-hydrogen) atoms. The van der Waals surface area contributed by atoms with Gasteiger partial charge in [-0.25, -0.2) is 9.97 Å². The molecule has 0 aliphatic rings. The number of nitrogens with zero attached hydrogens (tertiary/aromatic N) is 3. The molecule has 0 bridgehead atoms. The molecule has 1 aromatic heterocycles. The number of para-hydroxylation sites is 1. The number of rotatable bonds is 4. The van der Waals surface area contributed by atoms with E-state index in [0.717, 1.165) is 0 Å². The summed E-state index contributed by atoms with van der Waals surface area (Å²) in [5.41, 5.74) is 1.73. The van der Waals surface area contributed by atoms with E-state index in [1.165, 1.54) is 6.07 Å². The van der Waals surface area contributed by atoms with Crippen LogP contribution in [0.15, 0.2) is 48.5 Å². The zero-order chi connectivity index (χ0) is 19.4. The first-order chi connectivity index (χ1) is 13.0. The number of halogens is 2. The second-order valence-corrected chi connectivity index (χ2v) is 6.37. The van der Waals surface area contributed by atoms with Gasteiger partial charge in [0.25, 0.3) is 5.91 Å². The highest BCUT2D eigenvalue weighted by molar-refractivity contribution is 6.42. The highest BCUT2D eigenvalue weighted by atomic mass is 35.5. The maximum Gasteiger partial charge on any atom is 0.274 e. The number of carbonyl (C=O) groups is 1. The number of nitrogens with one attached hydrogen (secondary N) is 2. The molecule has 3 rings (SSSR count). The number of aryl methyl sites for hydroxylation is 1. The molecule has 1 amide bonds. The summed E-state index contributed by atoms with van der Waals surface area (Å²) in [5.74, 6) is 0.397. The van der Waals surface area contributed by atoms with Crippen LogP contribution in [0.5, 0.6) is 0 Å². The molecule has 3 aromatic rings. The average Bonchev–Trinajstić information content (AvgIpc) is 2.64. The monoisotopic (exact) mass is 397 g/mol. The van der Waals surface area contributed by atoms with E-state index in [0.29, 0.717) is 38.6 Å². The van der Waals surface area contributed by atoms with Crippen LogP contribution in [0.2, 0.25) is 10.0 Å². The number of amides is 1. The largest absolute Gasteiger partial charge is 0.339 e. The van der Waals surface area contributed by atoms with Gasteiger partial charge in [0, 0.05) is 11.8 Å². The maximum absolute atomic E-state index is 12.5. The Morgan fingerprint density at radius 2 is 1.85 bits per heavy atom. The van der Waals surface area contributed by atoms with Gasteiger partial charge in [0.1, 0.15) is 23.4 Å². The van der Waals surface area contributed by atoms with Crippen LogP contribution in [-0.2, 0) is 0 Å². The molecule has 0 radical (unpaired) electrons. The number of hydrogen-bond donors (Lipinski definition) is 2. The van der Waals surface area contributed by atoms with Crippen LogP contribution in [0.4, 0.5) is 17.2 Å². The van der Waals surface area contributed by atoms with Crippen molar-refractivity contribution >= 4 is 46.3 Å². The summed E-state index contributed by atoms with van der Waals surface area (Å²) in [4.78, 5) is 21.0. The first-order valence-corrected chi connectivity index (χ1v) is 8.60. The Hall–Kier alpha value is -3.14. The first kappa shape index (κ1) is 18.6. The summed E-state index contributed by atoms with van der Waals surface area (Å²) in [5, 5.41) is 15.7. The first-order valence-electron chi connectivity index (χ1n) is 7.84. The Balaban J connectivity index is 1.85. The zero-order valence-corrected chi connectivity index (χ0v) is 15.6. The van der Waals surface area contributed by atoms with Crippen LogP contribution >= 0.6 is 23.2 Å². The molecule has 0 saturated carbocycles. The van der Waals surface area contributed by atoms with E-state index in [-0.39, 0.29) is 5.69 Å². The molecule has 1 heterocycles. The van der Waals surface area contributed by atoms with Gasteiger partial charge in [-0.15, -0.1) is 0 Å². The fourth-order valence-electron chi connectivity index (χ4n) is 2.34. The van der Waals surface area contributed by atoms with E-state index in [4.69, 9.17) is 23.2 Å². The fraction of sp³-hybridized carbons (Fsp3) is 0.0526. The minimum atomic E-state index is -0.421. The number of hydrogen-bond acceptors (Lipinski definition) is 5. The van der Waals surface area contributed by atoms with Gasteiger partial charge >= 0.3 is 0 Å². The minimum Gasteiger partial charge on any atom is -0.339 e. The molecule has 0 fully saturated rings. The van der Waals surface area contributed by atoms with Crippen LogP contribution in [0, 0.1) is 18.3 Å². The molecule has 134 valence electrons. The molecule has 0 spiro atoms. The Morgan fingerprint density at radius 3 is 2.59 bits per heavy atom. The molecule has 2 aromatic carbocycles. The number of aromatic nitrogens is 2. The second-order valence-electron chi connectivity index (χ2n) is 5.55. The normalized spacial score (nSPS) is 10.1. The van der Waals surface area contributed by atoms with Crippen molar-refractivity contribution in [2.24, 2.45) is 0 Å². The standard InChI is InChI=1S/C19H13Cl2N5O/c1-11-23-17(19(27)25-13-6-7-14(20)15(21)8-13)9-18(24-11)26-16-5-3-2-4-12(16)10-22/h2-9H,1H3,(H,25,27)(H,23,24,26). The van der Waals surface area contributed by atoms with Crippen LogP contribution in [0.3, 0.4) is 0 Å². The van der Waals surface area contributed by atoms with Crippen molar-refractivity contribution < 1.29 is 4.79 Å². The smallest absolute Gasteiger partial charge is 0.274 e. The third kappa shape index (κ3) is 4.53. The number of benzene rings is 2. The Bertz CT molecular complexity index is 1060. The van der Waals surface area contributed by atoms with Crippen molar-refractivity contribution in [3.8, 4) is 6.07 Å². The summed E-state index contributed by atoms with van der Waals surface area (Å²) in [6.07, 6.45) is 0. The topological polar surface area (TPSA) is 90.7 Å². The molecule has 0 saturated heterocycles. The van der Waals surface area contributed by atoms with Crippen molar-refractivity contribution in [3.05, 3.63) is 75.7 Å². The number of nitriles is 1. The molecule has 0 unspecified atom stereocenters. The minimum absolute atomic E-state index is 0.172. The van der Waals surface area contributed by atoms with E-state index in [1.807, 2.05) is 0 Å². The van der Waals surface area contributed by atoms with Crippen LogP contribution in [0.1, 0.15) is 21.9 Å². The highest BCUT2D eigenvalue weighted by Gasteiger charge is 2.13. The lowest BCUT2D eigenvalue weighted by atomic mass is 10.2. The Morgan fingerprint density at radius 1 is 1.07 bits per heavy atom. The number of carbonyl (C=O) groups excluding carboxylic acids is 1. The van der Waals surface area contributed by atoms with Crippen LogP contribution < -0.4 is 10.6 Å². The van der Waals surface area contributed by atoms with Gasteiger partial charge in [0.2, 0.25) is 0 Å². The van der Waals surface area contributed by atoms with Gasteiger partial charge in [-0.05, 0) is 37.3 Å². The van der Waals surface area contributed by atoms with Gasteiger partial charge < -0.3 is 10.6 Å². The molecule has 6 nitrogen and oxygen atoms in total. The van der Waals surface area contributed by atoms with E-state index in [9.17, 15) is 10.1 Å². The van der Waals surface area contributed by atoms with Gasteiger partial charge in [-0.1, -0.05) is 35.3 Å². The molecule has 2 N–H and O–H groups in total. The van der Waals surface area contributed by atoms with Crippen molar-refractivity contribution in [3.63, 3.8) is 0 Å². The van der Waals surface area contributed by atoms with Crippen molar-refractivity contribution in [2.75, 3.05) is 10.6 Å². The Labute approximate surface area is 165 Å². The van der Waals surface area contributed by atoms with Gasteiger partial charge in [0.15, 0.2) is 0 Å². The number of anilines is 3. The molecular formula is C19H13Cl2N5O. The van der Waals surface area contributed by atoms with E-state index in [2.05, 4.69) is 26.7 Å². The molecule has 8 heteroatoms. The predicted octanol–water partition coefficient (Wildman–Crippen LogP) is 4.96. The maximum atomic E-state index is 12.5. The second kappa shape index (κ2) is 8.04. The van der Waals surface area contributed by atoms with E-state index < -0.39 is 5.91 Å². The van der Waals surface area contributed by atoms with Crippen LogP contribution in [0.25, 0.3) is 0 Å². The molecule has 0 aliphatic heterocycles. The third-order valence-corrected chi connectivity index (χ3v) is 4.30. The zero-order valence-electron chi connectivity index (χ0n) is 14.1. The fourth-order valence-corrected chi connectivity index (χ4v) is 2.64. The lowest BCUT2D eigenvalue weighted by Gasteiger charge is -2.10. The summed E-state index contributed by atoms with van der Waals surface area (Å²) < 4.78 is 0. The molecule has 0 aliphatic carbocycles. The molecular weight excluding hydrogens is 385 g/mol. The lowest BCUT2D eigenvalue weighted by molar-refractivity contribution is 0.102. The SMILES string of the molecule is Cc1nc(Nc2ccccc2C#N)cc(C(=O)Nc2ccc(Cl)c(Cl)c2)n1. The summed E-state index contributed by atoms with van der Waals surface area (Å²) in [6.45, 7) is 1.68. The highest BCUT2D eigenvalue weighted by Crippen LogP contribution is 2.25. The van der Waals surface area contributed by atoms with Crippen molar-refractivity contribution in [1.29, 1.82) is 5.26 Å². The molecule has 0 atom stereocenters. The predicted molar refractivity (Wildman–Crippen MR) is 106 cm³/mol. The average molecular weight is 398 g/mol. The summed E-state index contributed by atoms with van der Waals surface area (Å²) in [7, 11) is 0. The summed E-state index contributed by atoms with van der Waals surface area (Å²) in [6, 6.07) is 15.4. The van der Waals surface area contributed by atoms with Crippen LogP contribution in [-0.4, -0.2) is 15.9 Å². The van der Waals surface area contributed by atoms with Crippen molar-refractivity contribution in [1.82, 2.24) is 9.97 Å². The summed E-state index contributed by atoms with van der Waals surface area (Å²) >= 11 is 11.8. The quantitative estimate of drug-likeness (QED) is 0.648. The third-order valence-electron chi connectivity index (χ3n) is 3.56. The van der Waals surface area contributed by atoms with E-state index in [1.54, 1.807) is 49.4 Å². The Kier molecular flexibility index (Phi) is 5.55.